The van der Waals surface area contributed by atoms with Gasteiger partial charge in [0.15, 0.2) is 11.5 Å². The zero-order chi connectivity index (χ0) is 36.2. The van der Waals surface area contributed by atoms with Crippen LogP contribution in [0.3, 0.4) is 0 Å². The Morgan fingerprint density at radius 3 is 1.69 bits per heavy atom. The lowest BCUT2D eigenvalue weighted by Gasteiger charge is -2.37. The maximum atomic E-state index is 12.2. The lowest BCUT2D eigenvalue weighted by atomic mass is 9.93. The van der Waals surface area contributed by atoms with E-state index >= 15 is 0 Å². The molecule has 52 heavy (non-hydrogen) atoms. The van der Waals surface area contributed by atoms with Gasteiger partial charge in [0.2, 0.25) is 17.0 Å². The highest BCUT2D eigenvalue weighted by Gasteiger charge is 2.33. The molecule has 0 saturated carbocycles. The summed E-state index contributed by atoms with van der Waals surface area (Å²) < 4.78 is 26.5. The molecule has 0 aliphatic carbocycles. The molecule has 0 spiro atoms. The van der Waals surface area contributed by atoms with Crippen molar-refractivity contribution < 1.29 is 33.3 Å². The summed E-state index contributed by atoms with van der Waals surface area (Å²) in [6.07, 6.45) is 6.83. The Kier molecular flexibility index (Phi) is 17.6. The van der Waals surface area contributed by atoms with Crippen LogP contribution in [0, 0.1) is 11.8 Å². The van der Waals surface area contributed by atoms with Crippen LogP contribution in [0.25, 0.3) is 0 Å². The number of rotatable bonds is 11. The second kappa shape index (κ2) is 21.1. The third-order valence-electron chi connectivity index (χ3n) is 8.77. The number of piperidine rings is 2. The summed E-state index contributed by atoms with van der Waals surface area (Å²) >= 11 is 5.82. The number of ether oxygens (including phenoxy) is 5. The number of aromatic nitrogens is 4. The summed E-state index contributed by atoms with van der Waals surface area (Å²) in [5.41, 5.74) is 0.697. The molecule has 4 unspecified atom stereocenters. The van der Waals surface area contributed by atoms with E-state index in [2.05, 4.69) is 48.9 Å². The fourth-order valence-corrected chi connectivity index (χ4v) is 6.24. The van der Waals surface area contributed by atoms with E-state index in [9.17, 15) is 9.59 Å². The molecule has 15 heteroatoms. The quantitative estimate of drug-likeness (QED) is 0.159. The number of hydrogen-bond acceptors (Lipinski definition) is 14. The summed E-state index contributed by atoms with van der Waals surface area (Å²) in [4.78, 5) is 45.4. The summed E-state index contributed by atoms with van der Waals surface area (Å²) in [6, 6.07) is 7.83. The van der Waals surface area contributed by atoms with Crippen LogP contribution in [-0.4, -0.2) is 91.6 Å². The van der Waals surface area contributed by atoms with Crippen molar-refractivity contribution in [2.45, 2.75) is 80.3 Å². The Morgan fingerprint density at radius 1 is 0.769 bits per heavy atom. The van der Waals surface area contributed by atoms with Crippen LogP contribution in [0.2, 0.25) is 5.28 Å². The number of methoxy groups -OCH3 is 3. The van der Waals surface area contributed by atoms with E-state index in [0.29, 0.717) is 61.2 Å². The molecule has 14 nitrogen and oxygen atoms in total. The average molecular weight is 746 g/mol. The Hall–Kier alpha value is -4.59. The Bertz CT molecular complexity index is 1560. The zero-order valence-electron chi connectivity index (χ0n) is 29.8. The first kappa shape index (κ1) is 43.6. The predicted octanol–water partition coefficient (Wildman–Crippen LogP) is 6.98. The third kappa shape index (κ3) is 11.2. The first-order valence-corrected chi connectivity index (χ1v) is 17.2. The molecule has 3 aromatic rings. The number of hydrogen-bond donors (Lipinski definition) is 1. The van der Waals surface area contributed by atoms with Crippen LogP contribution in [0.1, 0.15) is 68.2 Å². The minimum atomic E-state index is -0.155. The van der Waals surface area contributed by atoms with Crippen molar-refractivity contribution in [1.82, 2.24) is 19.9 Å². The van der Waals surface area contributed by atoms with Crippen LogP contribution in [-0.2, 0) is 19.1 Å². The maximum absolute atomic E-state index is 12.2. The predicted molar refractivity (Wildman–Crippen MR) is 204 cm³/mol. The highest BCUT2D eigenvalue weighted by atomic mass is 35.5. The molecule has 0 bridgehead atoms. The van der Waals surface area contributed by atoms with Crippen LogP contribution in [0.4, 0.5) is 23.3 Å². The molecule has 5 rings (SSSR count). The largest absolute Gasteiger partial charge is 0.493 e. The van der Waals surface area contributed by atoms with Crippen molar-refractivity contribution >= 4 is 46.8 Å². The van der Waals surface area contributed by atoms with Crippen molar-refractivity contribution in [3.8, 4) is 17.2 Å². The van der Waals surface area contributed by atoms with Crippen LogP contribution in [0.5, 0.6) is 17.2 Å². The second-order valence-electron chi connectivity index (χ2n) is 12.0. The molecule has 0 radical (unpaired) electrons. The zero-order valence-corrected chi connectivity index (χ0v) is 30.6. The van der Waals surface area contributed by atoms with Crippen LogP contribution < -0.4 is 29.3 Å². The van der Waals surface area contributed by atoms with Gasteiger partial charge in [0.25, 0.3) is 0 Å². The van der Waals surface area contributed by atoms with Gasteiger partial charge in [-0.3, -0.25) is 9.59 Å². The molecular formula is C37H56ClN7O7. The summed E-state index contributed by atoms with van der Waals surface area (Å²) in [5, 5.41) is 3.42. The smallest absolute Gasteiger partial charge is 0.310 e. The topological polar surface area (TPSA) is 150 Å². The number of benzene rings is 1. The lowest BCUT2D eigenvalue weighted by Crippen LogP contribution is -2.45. The van der Waals surface area contributed by atoms with E-state index in [0.717, 1.165) is 37.3 Å². The van der Waals surface area contributed by atoms with Gasteiger partial charge in [-0.2, -0.15) is 4.98 Å². The molecule has 2 aliphatic rings. The highest BCUT2D eigenvalue weighted by molar-refractivity contribution is 6.28. The van der Waals surface area contributed by atoms with Crippen molar-refractivity contribution in [2.75, 3.05) is 62.7 Å². The van der Waals surface area contributed by atoms with Crippen molar-refractivity contribution in [3.05, 3.63) is 41.9 Å². The summed E-state index contributed by atoms with van der Waals surface area (Å²) in [5.74, 6) is 3.00. The molecule has 2 saturated heterocycles. The second-order valence-corrected chi connectivity index (χ2v) is 12.4. The molecule has 4 atom stereocenters. The number of carbonyl (C=O) groups excluding carboxylic acids is 2. The number of halogens is 1. The normalized spacial score (nSPS) is 19.4. The molecule has 2 fully saturated rings. The molecule has 4 heterocycles. The number of carbonyl (C=O) groups is 2. The van der Waals surface area contributed by atoms with E-state index in [4.69, 9.17) is 35.3 Å². The Labute approximate surface area is 313 Å². The molecule has 2 aromatic heterocycles. The minimum Gasteiger partial charge on any atom is -0.493 e. The SMILES string of the molecule is C.C.CCOC(=O)C1CCC(C)N(c2ccnc(Cl)n2)C1.CCOC(=O)C1CCC(C)N(c2ccnc(Nc3cc(OC)c(OC)c(OC)c3)n2)C1. The average Bonchev–Trinajstić information content (AvgIpc) is 3.12. The van der Waals surface area contributed by atoms with Gasteiger partial charge in [-0.1, -0.05) is 14.9 Å². The van der Waals surface area contributed by atoms with Crippen molar-refractivity contribution in [1.29, 1.82) is 0 Å². The van der Waals surface area contributed by atoms with Gasteiger partial charge in [0, 0.05) is 55.4 Å². The number of nitrogens with one attached hydrogen (secondary N) is 1. The van der Waals surface area contributed by atoms with Gasteiger partial charge in [0.1, 0.15) is 11.6 Å². The molecule has 2 aliphatic heterocycles. The molecule has 0 amide bonds. The first-order chi connectivity index (χ1) is 24.1. The maximum Gasteiger partial charge on any atom is 0.310 e. The molecule has 1 N–H and O–H groups in total. The number of nitrogens with zero attached hydrogens (tertiary/aromatic N) is 6. The van der Waals surface area contributed by atoms with Gasteiger partial charge in [0.05, 0.1) is 46.4 Å². The number of anilines is 4. The molecule has 288 valence electrons. The molecule has 1 aromatic carbocycles. The Morgan fingerprint density at radius 2 is 1.25 bits per heavy atom. The minimum absolute atomic E-state index is 0. The van der Waals surface area contributed by atoms with E-state index < -0.39 is 0 Å². The van der Waals surface area contributed by atoms with Gasteiger partial charge in [-0.25, -0.2) is 15.0 Å². The summed E-state index contributed by atoms with van der Waals surface area (Å²) in [6.45, 7) is 9.91. The van der Waals surface area contributed by atoms with Gasteiger partial charge in [-0.05, 0) is 77.1 Å². The van der Waals surface area contributed by atoms with Crippen LogP contribution in [0.15, 0.2) is 36.7 Å². The van der Waals surface area contributed by atoms with Crippen LogP contribution >= 0.6 is 11.6 Å². The standard InChI is InChI=1S/C22H30N4O5.C13H18ClN3O2.2CH4/c1-6-31-21(27)15-8-7-14(2)26(13-15)19-9-10-23-22(25-19)24-16-11-17(28-3)20(30-5)18(12-16)29-4;1-3-19-12(18)10-5-4-9(2)17(8-10)11-6-7-15-13(14)16-11;;/h9-12,14-15H,6-8,13H2,1-5H3,(H,23,24,25);6-7,9-10H,3-5,8H2,1-2H3;2*1H4. The fourth-order valence-electron chi connectivity index (χ4n) is 6.10. The number of esters is 2. The van der Waals surface area contributed by atoms with E-state index in [1.54, 1.807) is 45.9 Å². The fraction of sp³-hybridized carbons (Fsp3) is 0.568. The molecular weight excluding hydrogens is 690 g/mol. The third-order valence-corrected chi connectivity index (χ3v) is 8.95. The van der Waals surface area contributed by atoms with E-state index in [1.807, 2.05) is 26.0 Å². The van der Waals surface area contributed by atoms with E-state index in [-0.39, 0.29) is 50.0 Å². The van der Waals surface area contributed by atoms with Gasteiger partial charge in [-0.15, -0.1) is 0 Å². The first-order valence-electron chi connectivity index (χ1n) is 16.9. The highest BCUT2D eigenvalue weighted by Crippen LogP contribution is 2.40. The van der Waals surface area contributed by atoms with Crippen molar-refractivity contribution in [2.24, 2.45) is 11.8 Å². The van der Waals surface area contributed by atoms with Gasteiger partial charge >= 0.3 is 11.9 Å². The summed E-state index contributed by atoms with van der Waals surface area (Å²) in [7, 11) is 4.69. The monoisotopic (exact) mass is 745 g/mol. The van der Waals surface area contributed by atoms with Crippen molar-refractivity contribution in [3.63, 3.8) is 0 Å². The lowest BCUT2D eigenvalue weighted by molar-refractivity contribution is -0.149. The van der Waals surface area contributed by atoms with E-state index in [1.165, 1.54) is 0 Å². The van der Waals surface area contributed by atoms with Gasteiger partial charge < -0.3 is 38.8 Å². The Balaban J connectivity index is 0.000000385.